The molecule has 0 fully saturated rings. The molecule has 1 aromatic rings. The average Bonchev–Trinajstić information content (AvgIpc) is 2.27. The SMILES string of the molecule is COC(=O)CC(OC)c1ccc(O)cc1. The summed E-state index contributed by atoms with van der Waals surface area (Å²) in [7, 11) is 2.87. The maximum absolute atomic E-state index is 11.1. The number of hydrogen-bond donors (Lipinski definition) is 1. The third-order valence-corrected chi connectivity index (χ3v) is 2.13. The first-order valence-corrected chi connectivity index (χ1v) is 4.56. The third-order valence-electron chi connectivity index (χ3n) is 2.13. The molecular weight excluding hydrogens is 196 g/mol. The molecular formula is C11H14O4. The van der Waals surface area contributed by atoms with Crippen LogP contribution in [0.3, 0.4) is 0 Å². The molecule has 4 nitrogen and oxygen atoms in total. The molecule has 82 valence electrons. The zero-order valence-corrected chi connectivity index (χ0v) is 8.77. The third kappa shape index (κ3) is 3.25. The number of rotatable bonds is 4. The van der Waals surface area contributed by atoms with Gasteiger partial charge in [0, 0.05) is 7.11 Å². The van der Waals surface area contributed by atoms with E-state index in [1.54, 1.807) is 24.3 Å². The molecule has 1 rings (SSSR count). The molecule has 0 heterocycles. The van der Waals surface area contributed by atoms with Gasteiger partial charge in [0.05, 0.1) is 19.6 Å². The average molecular weight is 210 g/mol. The van der Waals surface area contributed by atoms with E-state index in [9.17, 15) is 4.79 Å². The monoisotopic (exact) mass is 210 g/mol. The molecule has 1 atom stereocenters. The van der Waals surface area contributed by atoms with Crippen molar-refractivity contribution in [2.45, 2.75) is 12.5 Å². The highest BCUT2D eigenvalue weighted by Crippen LogP contribution is 2.22. The summed E-state index contributed by atoms with van der Waals surface area (Å²) in [5.41, 5.74) is 0.834. The molecule has 4 heteroatoms. The van der Waals surface area contributed by atoms with Crippen LogP contribution in [0.4, 0.5) is 0 Å². The molecule has 0 bridgehead atoms. The van der Waals surface area contributed by atoms with E-state index in [4.69, 9.17) is 9.84 Å². The highest BCUT2D eigenvalue weighted by atomic mass is 16.5. The number of esters is 1. The Morgan fingerprint density at radius 2 is 1.93 bits per heavy atom. The van der Waals surface area contributed by atoms with Crippen molar-refractivity contribution in [2.75, 3.05) is 14.2 Å². The van der Waals surface area contributed by atoms with E-state index < -0.39 is 0 Å². The van der Waals surface area contributed by atoms with Crippen molar-refractivity contribution in [3.63, 3.8) is 0 Å². The number of phenols is 1. The van der Waals surface area contributed by atoms with Crippen LogP contribution in [0.25, 0.3) is 0 Å². The van der Waals surface area contributed by atoms with Crippen molar-refractivity contribution < 1.29 is 19.4 Å². The van der Waals surface area contributed by atoms with E-state index in [0.29, 0.717) is 0 Å². The van der Waals surface area contributed by atoms with E-state index in [1.807, 2.05) is 0 Å². The second-order valence-corrected chi connectivity index (χ2v) is 3.10. The maximum Gasteiger partial charge on any atom is 0.308 e. The van der Waals surface area contributed by atoms with Crippen LogP contribution in [0.1, 0.15) is 18.1 Å². The Hall–Kier alpha value is -1.55. The van der Waals surface area contributed by atoms with Crippen LogP contribution >= 0.6 is 0 Å². The van der Waals surface area contributed by atoms with Crippen molar-refractivity contribution in [2.24, 2.45) is 0 Å². The zero-order valence-electron chi connectivity index (χ0n) is 8.77. The fraction of sp³-hybridized carbons (Fsp3) is 0.364. The van der Waals surface area contributed by atoms with Crippen LogP contribution in [-0.4, -0.2) is 25.3 Å². The summed E-state index contributed by atoms with van der Waals surface area (Å²) in [6, 6.07) is 6.54. The lowest BCUT2D eigenvalue weighted by atomic mass is 10.1. The minimum Gasteiger partial charge on any atom is -0.508 e. The van der Waals surface area contributed by atoms with Gasteiger partial charge in [0.1, 0.15) is 5.75 Å². The summed E-state index contributed by atoms with van der Waals surface area (Å²) < 4.78 is 9.73. The first-order valence-electron chi connectivity index (χ1n) is 4.56. The van der Waals surface area contributed by atoms with Crippen LogP contribution in [-0.2, 0) is 14.3 Å². The Morgan fingerprint density at radius 1 is 1.33 bits per heavy atom. The molecule has 0 amide bonds. The number of carbonyl (C=O) groups is 1. The molecule has 1 N–H and O–H groups in total. The number of phenolic OH excluding ortho intramolecular Hbond substituents is 1. The molecule has 0 radical (unpaired) electrons. The predicted octanol–water partition coefficient (Wildman–Crippen LogP) is 1.64. The second kappa shape index (κ2) is 5.36. The minimum absolute atomic E-state index is 0.164. The summed E-state index contributed by atoms with van der Waals surface area (Å²) in [6.45, 7) is 0. The number of carbonyl (C=O) groups excluding carboxylic acids is 1. The molecule has 0 saturated heterocycles. The van der Waals surface area contributed by atoms with Gasteiger partial charge < -0.3 is 14.6 Å². The second-order valence-electron chi connectivity index (χ2n) is 3.10. The standard InChI is InChI=1S/C11H14O4/c1-14-10(7-11(13)15-2)8-3-5-9(12)6-4-8/h3-6,10,12H,7H2,1-2H3. The summed E-state index contributed by atoms with van der Waals surface area (Å²) >= 11 is 0. The first kappa shape index (κ1) is 11.5. The van der Waals surface area contributed by atoms with E-state index in [0.717, 1.165) is 5.56 Å². The van der Waals surface area contributed by atoms with Gasteiger partial charge in [-0.15, -0.1) is 0 Å². The van der Waals surface area contributed by atoms with Gasteiger partial charge in [-0.1, -0.05) is 12.1 Å². The topological polar surface area (TPSA) is 55.8 Å². The lowest BCUT2D eigenvalue weighted by molar-refractivity contribution is -0.143. The lowest BCUT2D eigenvalue weighted by Gasteiger charge is -2.14. The minimum atomic E-state index is -0.335. The maximum atomic E-state index is 11.1. The van der Waals surface area contributed by atoms with Gasteiger partial charge in [-0.05, 0) is 17.7 Å². The van der Waals surface area contributed by atoms with Gasteiger partial charge in [-0.25, -0.2) is 0 Å². The Morgan fingerprint density at radius 3 is 2.40 bits per heavy atom. The van der Waals surface area contributed by atoms with E-state index in [1.165, 1.54) is 14.2 Å². The van der Waals surface area contributed by atoms with Gasteiger partial charge in [-0.3, -0.25) is 4.79 Å². The van der Waals surface area contributed by atoms with E-state index in [-0.39, 0.29) is 24.2 Å². The van der Waals surface area contributed by atoms with Crippen LogP contribution in [0.15, 0.2) is 24.3 Å². The molecule has 0 aliphatic heterocycles. The lowest BCUT2D eigenvalue weighted by Crippen LogP contribution is -2.10. The van der Waals surface area contributed by atoms with Gasteiger partial charge >= 0.3 is 5.97 Å². The Bertz CT molecular complexity index is 318. The number of methoxy groups -OCH3 is 2. The summed E-state index contributed by atoms with van der Waals surface area (Å²) in [6.07, 6.45) is -0.171. The smallest absolute Gasteiger partial charge is 0.308 e. The first-order chi connectivity index (χ1) is 7.17. The van der Waals surface area contributed by atoms with E-state index >= 15 is 0 Å². The number of benzene rings is 1. The van der Waals surface area contributed by atoms with Crippen LogP contribution in [0.2, 0.25) is 0 Å². The van der Waals surface area contributed by atoms with Gasteiger partial charge in [0.2, 0.25) is 0 Å². The molecule has 0 aromatic heterocycles. The van der Waals surface area contributed by atoms with E-state index in [2.05, 4.69) is 4.74 Å². The molecule has 15 heavy (non-hydrogen) atoms. The van der Waals surface area contributed by atoms with Crippen LogP contribution < -0.4 is 0 Å². The predicted molar refractivity (Wildman–Crippen MR) is 54.5 cm³/mol. The van der Waals surface area contributed by atoms with Crippen LogP contribution in [0, 0.1) is 0 Å². The fourth-order valence-electron chi connectivity index (χ4n) is 1.26. The molecule has 0 spiro atoms. The number of hydrogen-bond acceptors (Lipinski definition) is 4. The summed E-state index contributed by atoms with van der Waals surface area (Å²) in [4.78, 5) is 11.1. The Labute approximate surface area is 88.4 Å². The van der Waals surface area contributed by atoms with Crippen molar-refractivity contribution in [3.05, 3.63) is 29.8 Å². The quantitative estimate of drug-likeness (QED) is 0.767. The summed E-state index contributed by atoms with van der Waals surface area (Å²) in [5.74, 6) is -0.137. The molecule has 1 aromatic carbocycles. The molecule has 1 unspecified atom stereocenters. The van der Waals surface area contributed by atoms with Gasteiger partial charge in [-0.2, -0.15) is 0 Å². The largest absolute Gasteiger partial charge is 0.508 e. The number of aromatic hydroxyl groups is 1. The van der Waals surface area contributed by atoms with Gasteiger partial charge in [0.25, 0.3) is 0 Å². The van der Waals surface area contributed by atoms with Crippen molar-refractivity contribution in [1.29, 1.82) is 0 Å². The Balaban J connectivity index is 2.74. The highest BCUT2D eigenvalue weighted by molar-refractivity contribution is 5.70. The van der Waals surface area contributed by atoms with Gasteiger partial charge in [0.15, 0.2) is 0 Å². The summed E-state index contributed by atoms with van der Waals surface area (Å²) in [5, 5.41) is 9.11. The normalized spacial score (nSPS) is 12.1. The molecule has 0 aliphatic carbocycles. The zero-order chi connectivity index (χ0) is 11.3. The van der Waals surface area contributed by atoms with Crippen molar-refractivity contribution >= 4 is 5.97 Å². The number of ether oxygens (including phenoxy) is 2. The Kier molecular flexibility index (Phi) is 4.12. The fourth-order valence-corrected chi connectivity index (χ4v) is 1.26. The highest BCUT2D eigenvalue weighted by Gasteiger charge is 2.15. The van der Waals surface area contributed by atoms with Crippen molar-refractivity contribution in [1.82, 2.24) is 0 Å². The van der Waals surface area contributed by atoms with Crippen LogP contribution in [0.5, 0.6) is 5.75 Å². The molecule has 0 saturated carbocycles. The molecule has 0 aliphatic rings. The van der Waals surface area contributed by atoms with Crippen molar-refractivity contribution in [3.8, 4) is 5.75 Å².